The average Bonchev–Trinajstić information content (AvgIpc) is 3.03. The van der Waals surface area contributed by atoms with Gasteiger partial charge in [0, 0.05) is 24.5 Å². The molecule has 2 aromatic rings. The van der Waals surface area contributed by atoms with E-state index in [9.17, 15) is 0 Å². The second-order valence-corrected chi connectivity index (χ2v) is 6.61. The number of likely N-dealkylation sites (tertiary alicyclic amines) is 1. The first-order valence-electron chi connectivity index (χ1n) is 8.35. The van der Waals surface area contributed by atoms with Gasteiger partial charge in [0.2, 0.25) is 0 Å². The highest BCUT2D eigenvalue weighted by Gasteiger charge is 2.32. The average molecular weight is 333 g/mol. The largest absolute Gasteiger partial charge is 0.496 e. The maximum absolute atomic E-state index is 5.51. The van der Waals surface area contributed by atoms with Crippen molar-refractivity contribution in [1.82, 2.24) is 10.2 Å². The maximum Gasteiger partial charge on any atom is 0.126 e. The molecule has 23 heavy (non-hydrogen) atoms. The molecule has 0 bridgehead atoms. The van der Waals surface area contributed by atoms with Gasteiger partial charge in [-0.05, 0) is 48.9 Å². The summed E-state index contributed by atoms with van der Waals surface area (Å²) in [7, 11) is 1.75. The van der Waals surface area contributed by atoms with Crippen LogP contribution in [-0.2, 0) is 6.54 Å². The Morgan fingerprint density at radius 2 is 1.96 bits per heavy atom. The van der Waals surface area contributed by atoms with Crippen molar-refractivity contribution in [2.45, 2.75) is 25.4 Å². The third kappa shape index (κ3) is 3.18. The minimum Gasteiger partial charge on any atom is -0.496 e. The van der Waals surface area contributed by atoms with Gasteiger partial charge in [-0.3, -0.25) is 4.90 Å². The van der Waals surface area contributed by atoms with Gasteiger partial charge in [0.25, 0.3) is 0 Å². The Morgan fingerprint density at radius 3 is 2.78 bits per heavy atom. The molecule has 2 heterocycles. The third-order valence-corrected chi connectivity index (χ3v) is 5.33. The Hall–Kier alpha value is -1.29. The summed E-state index contributed by atoms with van der Waals surface area (Å²) in [4.78, 5) is 2.63. The van der Waals surface area contributed by atoms with E-state index in [1.807, 2.05) is 0 Å². The molecule has 3 nitrogen and oxygen atoms in total. The standard InChI is InChI=1S/C19H24N2O.ClH/c1-22-19-7-6-14(16-4-2-3-5-17(16)19)12-21-11-9-18-15(13-21)8-10-20-18;/h2-7,15,18,20H,8-13H2,1H3;1H. The zero-order chi connectivity index (χ0) is 14.9. The molecule has 0 aliphatic carbocycles. The molecule has 0 saturated carbocycles. The van der Waals surface area contributed by atoms with E-state index < -0.39 is 0 Å². The van der Waals surface area contributed by atoms with E-state index in [0.29, 0.717) is 0 Å². The van der Waals surface area contributed by atoms with Crippen molar-refractivity contribution in [3.8, 4) is 5.75 Å². The summed E-state index contributed by atoms with van der Waals surface area (Å²) in [5, 5.41) is 6.19. The Bertz CT molecular complexity index is 675. The van der Waals surface area contributed by atoms with Crippen molar-refractivity contribution in [3.05, 3.63) is 42.0 Å². The van der Waals surface area contributed by atoms with Crippen molar-refractivity contribution >= 4 is 23.2 Å². The lowest BCUT2D eigenvalue weighted by Gasteiger charge is -2.35. The van der Waals surface area contributed by atoms with Crippen molar-refractivity contribution in [3.63, 3.8) is 0 Å². The van der Waals surface area contributed by atoms with E-state index in [1.165, 1.54) is 48.8 Å². The molecule has 2 aliphatic heterocycles. The second kappa shape index (κ2) is 7.08. The Balaban J connectivity index is 0.00000156. The fourth-order valence-corrected chi connectivity index (χ4v) is 4.16. The van der Waals surface area contributed by atoms with Crippen LogP contribution in [0.3, 0.4) is 0 Å². The topological polar surface area (TPSA) is 24.5 Å². The summed E-state index contributed by atoms with van der Waals surface area (Å²) < 4.78 is 5.51. The number of methoxy groups -OCH3 is 1. The molecular weight excluding hydrogens is 308 g/mol. The van der Waals surface area contributed by atoms with Crippen molar-refractivity contribution in [2.24, 2.45) is 5.92 Å². The van der Waals surface area contributed by atoms with Gasteiger partial charge in [-0.25, -0.2) is 0 Å². The normalized spacial score (nSPS) is 24.2. The molecule has 0 spiro atoms. The van der Waals surface area contributed by atoms with Crippen LogP contribution in [0, 0.1) is 5.92 Å². The van der Waals surface area contributed by atoms with E-state index in [1.54, 1.807) is 7.11 Å². The van der Waals surface area contributed by atoms with Crippen molar-refractivity contribution < 1.29 is 4.74 Å². The fraction of sp³-hybridized carbons (Fsp3) is 0.474. The molecule has 4 rings (SSSR count). The number of nitrogens with one attached hydrogen (secondary N) is 1. The van der Waals surface area contributed by atoms with Gasteiger partial charge in [0.15, 0.2) is 0 Å². The molecule has 1 N–H and O–H groups in total. The SMILES string of the molecule is COc1ccc(CN2CCC3NCCC3C2)c2ccccc12.Cl. The molecule has 0 radical (unpaired) electrons. The lowest BCUT2D eigenvalue weighted by molar-refractivity contribution is 0.156. The summed E-state index contributed by atoms with van der Waals surface area (Å²) in [5.41, 5.74) is 1.42. The number of hydrogen-bond acceptors (Lipinski definition) is 3. The minimum absolute atomic E-state index is 0. The maximum atomic E-state index is 5.51. The zero-order valence-electron chi connectivity index (χ0n) is 13.6. The van der Waals surface area contributed by atoms with Crippen molar-refractivity contribution in [1.29, 1.82) is 0 Å². The van der Waals surface area contributed by atoms with Gasteiger partial charge in [-0.2, -0.15) is 0 Å². The fourth-order valence-electron chi connectivity index (χ4n) is 4.16. The molecule has 2 fully saturated rings. The minimum atomic E-state index is 0. The van der Waals surface area contributed by atoms with Crippen LogP contribution in [0.25, 0.3) is 10.8 Å². The van der Waals surface area contributed by atoms with Crippen LogP contribution in [-0.4, -0.2) is 37.7 Å². The van der Waals surface area contributed by atoms with Crippen LogP contribution in [0.15, 0.2) is 36.4 Å². The van der Waals surface area contributed by atoms with Crippen LogP contribution < -0.4 is 10.1 Å². The van der Waals surface area contributed by atoms with Crippen molar-refractivity contribution in [2.75, 3.05) is 26.7 Å². The third-order valence-electron chi connectivity index (χ3n) is 5.33. The molecule has 2 aromatic carbocycles. The first-order chi connectivity index (χ1) is 10.8. The summed E-state index contributed by atoms with van der Waals surface area (Å²) in [5.74, 6) is 1.82. The van der Waals surface area contributed by atoms with Crippen LogP contribution in [0.4, 0.5) is 0 Å². The van der Waals surface area contributed by atoms with Gasteiger partial charge in [-0.15, -0.1) is 12.4 Å². The summed E-state index contributed by atoms with van der Waals surface area (Å²) >= 11 is 0. The van der Waals surface area contributed by atoms with Crippen LogP contribution in [0.5, 0.6) is 5.75 Å². The molecule has 4 heteroatoms. The van der Waals surface area contributed by atoms with Gasteiger partial charge < -0.3 is 10.1 Å². The summed E-state index contributed by atoms with van der Waals surface area (Å²) in [6.45, 7) is 4.69. The lowest BCUT2D eigenvalue weighted by Crippen LogP contribution is -2.43. The lowest BCUT2D eigenvalue weighted by atomic mass is 9.92. The number of hydrogen-bond donors (Lipinski definition) is 1. The number of rotatable bonds is 3. The van der Waals surface area contributed by atoms with Gasteiger partial charge in [0.1, 0.15) is 5.75 Å². The zero-order valence-corrected chi connectivity index (χ0v) is 14.4. The first kappa shape index (κ1) is 16.6. The molecular formula is C19H25ClN2O. The Labute approximate surface area is 144 Å². The summed E-state index contributed by atoms with van der Waals surface area (Å²) in [6.07, 6.45) is 2.63. The van der Waals surface area contributed by atoms with E-state index >= 15 is 0 Å². The molecule has 2 saturated heterocycles. The molecule has 2 atom stereocenters. The van der Waals surface area contributed by atoms with E-state index in [2.05, 4.69) is 46.6 Å². The quantitative estimate of drug-likeness (QED) is 0.931. The molecule has 2 unspecified atom stereocenters. The highest BCUT2D eigenvalue weighted by atomic mass is 35.5. The van der Waals surface area contributed by atoms with Gasteiger partial charge in [0.05, 0.1) is 7.11 Å². The van der Waals surface area contributed by atoms with E-state index in [4.69, 9.17) is 4.74 Å². The highest BCUT2D eigenvalue weighted by Crippen LogP contribution is 2.31. The second-order valence-electron chi connectivity index (χ2n) is 6.61. The molecule has 124 valence electrons. The first-order valence-corrected chi connectivity index (χ1v) is 8.35. The summed E-state index contributed by atoms with van der Waals surface area (Å²) in [6, 6.07) is 13.7. The smallest absolute Gasteiger partial charge is 0.126 e. The monoisotopic (exact) mass is 332 g/mol. The number of piperidine rings is 1. The molecule has 2 aliphatic rings. The van der Waals surface area contributed by atoms with Gasteiger partial charge >= 0.3 is 0 Å². The van der Waals surface area contributed by atoms with E-state index in [-0.39, 0.29) is 12.4 Å². The van der Waals surface area contributed by atoms with E-state index in [0.717, 1.165) is 24.3 Å². The number of benzene rings is 2. The number of nitrogens with zero attached hydrogens (tertiary/aromatic N) is 1. The molecule has 0 amide bonds. The predicted octanol–water partition coefficient (Wildman–Crippen LogP) is 3.45. The predicted molar refractivity (Wildman–Crippen MR) is 97.5 cm³/mol. The van der Waals surface area contributed by atoms with Crippen LogP contribution >= 0.6 is 12.4 Å². The molecule has 0 aromatic heterocycles. The Morgan fingerprint density at radius 1 is 1.13 bits per heavy atom. The highest BCUT2D eigenvalue weighted by molar-refractivity contribution is 5.91. The van der Waals surface area contributed by atoms with Gasteiger partial charge in [-0.1, -0.05) is 30.3 Å². The Kier molecular flexibility index (Phi) is 5.10. The number of halogens is 1. The number of fused-ring (bicyclic) bond motifs is 2. The van der Waals surface area contributed by atoms with Crippen LogP contribution in [0.2, 0.25) is 0 Å². The van der Waals surface area contributed by atoms with Crippen LogP contribution in [0.1, 0.15) is 18.4 Å². The number of ether oxygens (including phenoxy) is 1.